The van der Waals surface area contributed by atoms with Crippen LogP contribution in [-0.2, 0) is 26.8 Å². The summed E-state index contributed by atoms with van der Waals surface area (Å²) in [4.78, 5) is 0. The van der Waals surface area contributed by atoms with E-state index in [4.69, 9.17) is 17.7 Å². The normalized spacial score (nSPS) is 13.7. The van der Waals surface area contributed by atoms with E-state index in [2.05, 4.69) is 51.0 Å². The zero-order valence-electron chi connectivity index (χ0n) is 15.2. The Bertz CT molecular complexity index is 656. The molecule has 4 nitrogen and oxygen atoms in total. The van der Waals surface area contributed by atoms with E-state index in [1.54, 1.807) is 7.11 Å². The summed E-state index contributed by atoms with van der Waals surface area (Å²) >= 11 is 0. The maximum Gasteiger partial charge on any atom is 0.485 e. The van der Waals surface area contributed by atoms with Gasteiger partial charge in [-0.3, -0.25) is 0 Å². The number of benzene rings is 1. The highest BCUT2D eigenvalue weighted by Gasteiger charge is 2.36. The van der Waals surface area contributed by atoms with Crippen molar-refractivity contribution >= 4 is 29.1 Å². The molecule has 146 valence electrons. The predicted octanol–water partition coefficient (Wildman–Crippen LogP) is 3.68. The van der Waals surface area contributed by atoms with Gasteiger partial charge in [0.1, 0.15) is 19.6 Å². The standard InChI is InChI=1S/C14H25OSSi.CHF3O3S/c1-12-9-14(15-2)8-7-13(12)10-16(3)11-17(4,5)6;2-1(3,4)8(5,6)7/h7-9H,10-11H2,1-6H3;(H,5,6,7)/q+1;/p-1. The second-order valence-corrected chi connectivity index (χ2v) is 16.3. The van der Waals surface area contributed by atoms with E-state index in [1.165, 1.54) is 22.3 Å². The molecule has 0 radical (unpaired) electrons. The van der Waals surface area contributed by atoms with Crippen LogP contribution in [0.25, 0.3) is 0 Å². The van der Waals surface area contributed by atoms with Crippen LogP contribution in [0, 0.1) is 6.92 Å². The largest absolute Gasteiger partial charge is 0.741 e. The van der Waals surface area contributed by atoms with Crippen LogP contribution in [0.3, 0.4) is 0 Å². The minimum absolute atomic E-state index is 0.512. The van der Waals surface area contributed by atoms with Gasteiger partial charge in [-0.05, 0) is 35.5 Å². The molecule has 0 amide bonds. The third-order valence-corrected chi connectivity index (χ3v) is 9.72. The molecule has 0 aliphatic rings. The zero-order chi connectivity index (χ0) is 20.1. The summed E-state index contributed by atoms with van der Waals surface area (Å²) < 4.78 is 64.1. The van der Waals surface area contributed by atoms with Crippen LogP contribution in [0.4, 0.5) is 13.2 Å². The number of hydrogen-bond acceptors (Lipinski definition) is 4. The van der Waals surface area contributed by atoms with Crippen molar-refractivity contribution in [2.45, 2.75) is 37.8 Å². The summed E-state index contributed by atoms with van der Waals surface area (Å²) in [5.41, 5.74) is -2.80. The molecule has 0 N–H and O–H groups in total. The van der Waals surface area contributed by atoms with E-state index in [0.717, 1.165) is 5.75 Å². The summed E-state index contributed by atoms with van der Waals surface area (Å²) in [6, 6.07) is 6.44. The van der Waals surface area contributed by atoms with E-state index >= 15 is 0 Å². The van der Waals surface area contributed by atoms with Crippen LogP contribution >= 0.6 is 0 Å². The summed E-state index contributed by atoms with van der Waals surface area (Å²) in [6.07, 6.45) is 2.40. The number of methoxy groups -OCH3 is 1. The second kappa shape index (κ2) is 9.29. The first kappa shape index (κ1) is 24.3. The van der Waals surface area contributed by atoms with Crippen molar-refractivity contribution in [3.05, 3.63) is 29.3 Å². The minimum Gasteiger partial charge on any atom is -0.741 e. The number of rotatable bonds is 5. The van der Waals surface area contributed by atoms with Crippen LogP contribution in [0.5, 0.6) is 5.75 Å². The highest BCUT2D eigenvalue weighted by molar-refractivity contribution is 7.97. The predicted molar refractivity (Wildman–Crippen MR) is 98.7 cm³/mol. The monoisotopic (exact) mass is 418 g/mol. The summed E-state index contributed by atoms with van der Waals surface area (Å²) in [5, 5.41) is 1.43. The Morgan fingerprint density at radius 1 is 1.24 bits per heavy atom. The molecule has 0 saturated heterocycles. The van der Waals surface area contributed by atoms with Crippen molar-refractivity contribution in [3.8, 4) is 5.75 Å². The molecule has 0 aromatic heterocycles. The molecule has 1 atom stereocenters. The first-order valence-electron chi connectivity index (χ1n) is 7.31. The average Bonchev–Trinajstić information content (AvgIpc) is 2.37. The molecule has 1 rings (SSSR count). The van der Waals surface area contributed by atoms with E-state index in [9.17, 15) is 13.2 Å². The number of aryl methyl sites for hydroxylation is 1. The quantitative estimate of drug-likeness (QED) is 0.317. The zero-order valence-corrected chi connectivity index (χ0v) is 17.9. The highest BCUT2D eigenvalue weighted by Crippen LogP contribution is 2.21. The molecule has 25 heavy (non-hydrogen) atoms. The van der Waals surface area contributed by atoms with Crippen LogP contribution in [0.1, 0.15) is 11.1 Å². The van der Waals surface area contributed by atoms with Crippen molar-refractivity contribution < 1.29 is 30.9 Å². The van der Waals surface area contributed by atoms with Crippen LogP contribution in [-0.4, -0.2) is 45.3 Å². The lowest BCUT2D eigenvalue weighted by Crippen LogP contribution is -2.32. The van der Waals surface area contributed by atoms with E-state index < -0.39 is 23.7 Å². The van der Waals surface area contributed by atoms with Gasteiger partial charge < -0.3 is 9.29 Å². The van der Waals surface area contributed by atoms with E-state index in [0.29, 0.717) is 10.9 Å². The lowest BCUT2D eigenvalue weighted by molar-refractivity contribution is -0.0517. The van der Waals surface area contributed by atoms with Gasteiger partial charge in [0, 0.05) is 5.56 Å². The molecular formula is C15H25F3O4S2Si. The Balaban J connectivity index is 0.000000609. The van der Waals surface area contributed by atoms with Gasteiger partial charge in [0.25, 0.3) is 0 Å². The topological polar surface area (TPSA) is 66.4 Å². The molecule has 1 unspecified atom stereocenters. The Labute approximate surface area is 151 Å². The third kappa shape index (κ3) is 10.1. The fraction of sp³-hybridized carbons (Fsp3) is 0.600. The van der Waals surface area contributed by atoms with Crippen molar-refractivity contribution in [2.75, 3.05) is 18.7 Å². The molecule has 1 aromatic carbocycles. The summed E-state index contributed by atoms with van der Waals surface area (Å²) in [7, 11) is -4.77. The maximum atomic E-state index is 10.7. The van der Waals surface area contributed by atoms with Gasteiger partial charge in [-0.1, -0.05) is 25.7 Å². The summed E-state index contributed by atoms with van der Waals surface area (Å²) in [6.45, 7) is 9.55. The van der Waals surface area contributed by atoms with Crippen molar-refractivity contribution in [1.82, 2.24) is 0 Å². The lowest BCUT2D eigenvalue weighted by atomic mass is 10.1. The lowest BCUT2D eigenvalue weighted by Gasteiger charge is -2.15. The molecular weight excluding hydrogens is 393 g/mol. The molecule has 0 spiro atoms. The fourth-order valence-corrected chi connectivity index (χ4v) is 9.19. The fourth-order valence-electron chi connectivity index (χ4n) is 2.01. The van der Waals surface area contributed by atoms with E-state index in [1.807, 2.05) is 0 Å². The first-order chi connectivity index (χ1) is 11.1. The molecule has 1 aromatic rings. The molecule has 0 saturated carbocycles. The molecule has 0 bridgehead atoms. The number of alkyl halides is 3. The Morgan fingerprint density at radius 3 is 2.04 bits per heavy atom. The molecule has 10 heteroatoms. The van der Waals surface area contributed by atoms with E-state index in [-0.39, 0.29) is 0 Å². The van der Waals surface area contributed by atoms with Gasteiger partial charge in [-0.2, -0.15) is 13.2 Å². The van der Waals surface area contributed by atoms with Crippen molar-refractivity contribution in [3.63, 3.8) is 0 Å². The second-order valence-electron chi connectivity index (χ2n) is 6.82. The molecule has 0 aliphatic carbocycles. The van der Waals surface area contributed by atoms with Gasteiger partial charge in [0.15, 0.2) is 10.1 Å². The number of halogens is 3. The van der Waals surface area contributed by atoms with Gasteiger partial charge in [-0.15, -0.1) is 0 Å². The smallest absolute Gasteiger partial charge is 0.485 e. The molecule has 0 heterocycles. The number of ether oxygens (including phenoxy) is 1. The Hall–Kier alpha value is -0.713. The third-order valence-electron chi connectivity index (χ3n) is 2.91. The van der Waals surface area contributed by atoms with Gasteiger partial charge in [-0.25, -0.2) is 8.42 Å². The maximum absolute atomic E-state index is 10.7. The van der Waals surface area contributed by atoms with Crippen LogP contribution < -0.4 is 4.74 Å². The minimum atomic E-state index is -6.09. The van der Waals surface area contributed by atoms with Crippen LogP contribution in [0.15, 0.2) is 18.2 Å². The Morgan fingerprint density at radius 2 is 1.72 bits per heavy atom. The highest BCUT2D eigenvalue weighted by atomic mass is 32.2. The van der Waals surface area contributed by atoms with Crippen molar-refractivity contribution in [2.24, 2.45) is 0 Å². The van der Waals surface area contributed by atoms with Gasteiger partial charge in [0.2, 0.25) is 0 Å². The number of hydrogen-bond donors (Lipinski definition) is 0. The molecule has 0 fully saturated rings. The first-order valence-corrected chi connectivity index (χ1v) is 14.4. The average molecular weight is 419 g/mol. The van der Waals surface area contributed by atoms with Crippen LogP contribution in [0.2, 0.25) is 19.6 Å². The SMILES string of the molecule is COc1ccc(C[S+](C)C[Si](C)(C)C)c(C)c1.O=S(=O)([O-])C(F)(F)F. The molecule has 0 aliphatic heterocycles. The Kier molecular flexibility index (Phi) is 9.02. The van der Waals surface area contributed by atoms with Crippen molar-refractivity contribution in [1.29, 1.82) is 0 Å². The van der Waals surface area contributed by atoms with Gasteiger partial charge >= 0.3 is 5.51 Å². The van der Waals surface area contributed by atoms with Gasteiger partial charge in [0.05, 0.1) is 18.7 Å². The summed E-state index contributed by atoms with van der Waals surface area (Å²) in [5.74, 6) is 2.19.